The van der Waals surface area contributed by atoms with Gasteiger partial charge in [0.2, 0.25) is 0 Å². The highest BCUT2D eigenvalue weighted by Gasteiger charge is 2.18. The number of nitrogens with one attached hydrogen (secondary N) is 2. The van der Waals surface area contributed by atoms with Crippen molar-refractivity contribution in [3.63, 3.8) is 0 Å². The summed E-state index contributed by atoms with van der Waals surface area (Å²) in [6.45, 7) is 6.37. The van der Waals surface area contributed by atoms with Gasteiger partial charge >= 0.3 is 0 Å². The van der Waals surface area contributed by atoms with E-state index in [9.17, 15) is 9.59 Å². The van der Waals surface area contributed by atoms with E-state index >= 15 is 0 Å². The maximum Gasteiger partial charge on any atom is 0.255 e. The molecule has 166 valence electrons. The Morgan fingerprint density at radius 2 is 1.12 bits per heavy atom. The first-order valence-corrected chi connectivity index (χ1v) is 10.3. The molecule has 0 unspecified atom stereocenters. The minimum Gasteiger partial charge on any atom is -0.494 e. The highest BCUT2D eigenvalue weighted by Crippen LogP contribution is 2.37. The molecule has 0 aromatic heterocycles. The van der Waals surface area contributed by atoms with Gasteiger partial charge in [-0.05, 0) is 35.2 Å². The smallest absolute Gasteiger partial charge is 0.255 e. The third kappa shape index (κ3) is 5.27. The summed E-state index contributed by atoms with van der Waals surface area (Å²) in [5.74, 6) is 0.246. The Balaban J connectivity index is 1.84. The van der Waals surface area contributed by atoms with Crippen molar-refractivity contribution in [2.24, 2.45) is 0 Å². The zero-order chi connectivity index (χ0) is 23.3. The van der Waals surface area contributed by atoms with Crippen molar-refractivity contribution in [1.82, 2.24) is 0 Å². The molecular weight excluding hydrogens is 404 g/mol. The van der Waals surface area contributed by atoms with E-state index in [0.717, 1.165) is 5.56 Å². The first-order chi connectivity index (χ1) is 15.2. The Kier molecular flexibility index (Phi) is 6.83. The summed E-state index contributed by atoms with van der Waals surface area (Å²) in [5, 5.41) is 5.69. The number of carbonyl (C=O) groups is 2. The summed E-state index contributed by atoms with van der Waals surface area (Å²) in [6, 6.07) is 19.6. The number of hydrogen-bond acceptors (Lipinski definition) is 4. The molecule has 6 nitrogen and oxygen atoms in total. The summed E-state index contributed by atoms with van der Waals surface area (Å²) >= 11 is 0. The first-order valence-electron chi connectivity index (χ1n) is 10.3. The lowest BCUT2D eigenvalue weighted by Gasteiger charge is -2.19. The third-order valence-corrected chi connectivity index (χ3v) is 5.07. The molecule has 3 aromatic carbocycles. The van der Waals surface area contributed by atoms with Gasteiger partial charge in [-0.25, -0.2) is 0 Å². The number of carbonyl (C=O) groups excluding carboxylic acids is 2. The molecule has 0 saturated heterocycles. The van der Waals surface area contributed by atoms with Crippen LogP contribution in [-0.2, 0) is 5.41 Å². The molecule has 0 fully saturated rings. The molecule has 2 N–H and O–H groups in total. The molecule has 0 aliphatic rings. The molecule has 0 radical (unpaired) electrons. The van der Waals surface area contributed by atoms with E-state index in [-0.39, 0.29) is 17.2 Å². The van der Waals surface area contributed by atoms with Crippen molar-refractivity contribution in [3.8, 4) is 11.5 Å². The second-order valence-electron chi connectivity index (χ2n) is 8.35. The second kappa shape index (κ2) is 9.56. The summed E-state index contributed by atoms with van der Waals surface area (Å²) in [7, 11) is 3.00. The number of methoxy groups -OCH3 is 2. The molecule has 2 amide bonds. The molecule has 0 bridgehead atoms. The van der Waals surface area contributed by atoms with Gasteiger partial charge in [-0.2, -0.15) is 0 Å². The number of amides is 2. The van der Waals surface area contributed by atoms with Crippen LogP contribution in [0.1, 0.15) is 47.1 Å². The van der Waals surface area contributed by atoms with Crippen molar-refractivity contribution in [3.05, 3.63) is 83.4 Å². The van der Waals surface area contributed by atoms with Crippen LogP contribution in [0.25, 0.3) is 0 Å². The average molecular weight is 433 g/mol. The lowest BCUT2D eigenvalue weighted by atomic mass is 9.87. The topological polar surface area (TPSA) is 76.7 Å². The van der Waals surface area contributed by atoms with Gasteiger partial charge in [-0.3, -0.25) is 9.59 Å². The Labute approximate surface area is 188 Å². The van der Waals surface area contributed by atoms with E-state index in [1.165, 1.54) is 14.2 Å². The van der Waals surface area contributed by atoms with Crippen molar-refractivity contribution in [2.45, 2.75) is 26.2 Å². The maximum atomic E-state index is 12.8. The van der Waals surface area contributed by atoms with Gasteiger partial charge in [0.05, 0.1) is 25.6 Å². The molecule has 32 heavy (non-hydrogen) atoms. The Morgan fingerprint density at radius 1 is 0.688 bits per heavy atom. The van der Waals surface area contributed by atoms with Crippen LogP contribution >= 0.6 is 0 Å². The molecule has 0 aliphatic carbocycles. The fourth-order valence-corrected chi connectivity index (χ4v) is 3.19. The molecule has 3 aromatic rings. The van der Waals surface area contributed by atoms with Gasteiger partial charge in [0.15, 0.2) is 0 Å². The minimum atomic E-state index is -0.276. The molecule has 6 heteroatoms. The summed E-state index contributed by atoms with van der Waals surface area (Å²) in [5.41, 5.74) is 3.07. The van der Waals surface area contributed by atoms with Crippen LogP contribution < -0.4 is 20.1 Å². The fraction of sp³-hybridized carbons (Fsp3) is 0.231. The normalized spacial score (nSPS) is 10.9. The monoisotopic (exact) mass is 432 g/mol. The number of anilines is 2. The van der Waals surface area contributed by atoms with Crippen LogP contribution in [0.5, 0.6) is 11.5 Å². The minimum absolute atomic E-state index is 0.00556. The number of benzene rings is 3. The van der Waals surface area contributed by atoms with Gasteiger partial charge in [0, 0.05) is 23.3 Å². The summed E-state index contributed by atoms with van der Waals surface area (Å²) in [4.78, 5) is 25.4. The summed E-state index contributed by atoms with van der Waals surface area (Å²) < 4.78 is 10.9. The quantitative estimate of drug-likeness (QED) is 0.539. The van der Waals surface area contributed by atoms with Crippen molar-refractivity contribution in [2.75, 3.05) is 24.9 Å². The van der Waals surface area contributed by atoms with Crippen LogP contribution in [0, 0.1) is 0 Å². The van der Waals surface area contributed by atoms with Gasteiger partial charge in [0.25, 0.3) is 11.8 Å². The predicted molar refractivity (Wildman–Crippen MR) is 127 cm³/mol. The van der Waals surface area contributed by atoms with Crippen LogP contribution in [0.2, 0.25) is 0 Å². The molecule has 3 rings (SSSR count). The van der Waals surface area contributed by atoms with Gasteiger partial charge in [0.1, 0.15) is 11.5 Å². The van der Waals surface area contributed by atoms with E-state index in [1.807, 2.05) is 18.2 Å². The first kappa shape index (κ1) is 22.9. The van der Waals surface area contributed by atoms with Crippen molar-refractivity contribution >= 4 is 23.2 Å². The van der Waals surface area contributed by atoms with Crippen LogP contribution in [-0.4, -0.2) is 26.0 Å². The number of rotatable bonds is 6. The number of hydrogen-bond donors (Lipinski definition) is 2. The summed E-state index contributed by atoms with van der Waals surface area (Å²) in [6.07, 6.45) is 0. The lowest BCUT2D eigenvalue weighted by Crippen LogP contribution is -2.16. The van der Waals surface area contributed by atoms with Gasteiger partial charge < -0.3 is 20.1 Å². The molecule has 0 heterocycles. The van der Waals surface area contributed by atoms with E-state index in [0.29, 0.717) is 34.0 Å². The Bertz CT molecular complexity index is 1100. The van der Waals surface area contributed by atoms with Crippen LogP contribution in [0.15, 0.2) is 66.7 Å². The molecule has 0 atom stereocenters. The predicted octanol–water partition coefficient (Wildman–Crippen LogP) is 5.51. The molecule has 0 spiro atoms. The standard InChI is InChI=1S/C26H28N2O4/c1-26(2,3)19-13-11-18(12-14-19)25(30)28-21-16-22(31-4)20(15-23(21)32-5)27-24(29)17-9-7-6-8-10-17/h6-16H,1-5H3,(H,27,29)(H,28,30). The molecular formula is C26H28N2O4. The third-order valence-electron chi connectivity index (χ3n) is 5.07. The Morgan fingerprint density at radius 3 is 1.53 bits per heavy atom. The van der Waals surface area contributed by atoms with E-state index in [4.69, 9.17) is 9.47 Å². The Hall–Kier alpha value is -3.80. The largest absolute Gasteiger partial charge is 0.494 e. The molecule has 0 aliphatic heterocycles. The van der Waals surface area contributed by atoms with E-state index in [2.05, 4.69) is 31.4 Å². The highest BCUT2D eigenvalue weighted by atomic mass is 16.5. The second-order valence-corrected chi connectivity index (χ2v) is 8.35. The van der Waals surface area contributed by atoms with Crippen molar-refractivity contribution in [1.29, 1.82) is 0 Å². The van der Waals surface area contributed by atoms with Crippen LogP contribution in [0.4, 0.5) is 11.4 Å². The van der Waals surface area contributed by atoms with Crippen molar-refractivity contribution < 1.29 is 19.1 Å². The van der Waals surface area contributed by atoms with Crippen LogP contribution in [0.3, 0.4) is 0 Å². The SMILES string of the molecule is COc1cc(NC(=O)c2ccc(C(C)(C)C)cc2)c(OC)cc1NC(=O)c1ccccc1. The van der Waals surface area contributed by atoms with Gasteiger partial charge in [-0.1, -0.05) is 51.1 Å². The fourth-order valence-electron chi connectivity index (χ4n) is 3.19. The zero-order valence-electron chi connectivity index (χ0n) is 19.0. The van der Waals surface area contributed by atoms with E-state index in [1.54, 1.807) is 48.5 Å². The number of ether oxygens (including phenoxy) is 2. The molecule has 0 saturated carbocycles. The zero-order valence-corrected chi connectivity index (χ0v) is 19.0. The lowest BCUT2D eigenvalue weighted by molar-refractivity contribution is 0.101. The van der Waals surface area contributed by atoms with Gasteiger partial charge in [-0.15, -0.1) is 0 Å². The maximum absolute atomic E-state index is 12.8. The highest BCUT2D eigenvalue weighted by molar-refractivity contribution is 6.07. The van der Waals surface area contributed by atoms with E-state index < -0.39 is 0 Å². The average Bonchev–Trinajstić information content (AvgIpc) is 2.79.